The molecule has 1 aliphatic rings. The van der Waals surface area contributed by atoms with Gasteiger partial charge in [0, 0.05) is 11.9 Å². The molecule has 1 atom stereocenters. The molecule has 1 aromatic heterocycles. The largest absolute Gasteiger partial charge is 0.480 e. The van der Waals surface area contributed by atoms with E-state index in [0.29, 0.717) is 18.5 Å². The van der Waals surface area contributed by atoms with Gasteiger partial charge in [-0.2, -0.15) is 0 Å². The highest BCUT2D eigenvalue weighted by molar-refractivity contribution is 14.1. The van der Waals surface area contributed by atoms with E-state index in [-0.39, 0.29) is 5.91 Å². The van der Waals surface area contributed by atoms with E-state index in [1.807, 2.05) is 0 Å². The Morgan fingerprint density at radius 1 is 1.59 bits per heavy atom. The molecular weight excluding hydrogens is 353 g/mol. The molecule has 2 heterocycles. The predicted molar refractivity (Wildman–Crippen MR) is 73.3 cm³/mol. The predicted octanol–water partition coefficient (Wildman–Crippen LogP) is 2.43. The highest BCUT2D eigenvalue weighted by Crippen LogP contribution is 2.31. The van der Waals surface area contributed by atoms with Gasteiger partial charge >= 0.3 is 5.97 Å². The number of rotatable bonds is 2. The third-order valence-electron chi connectivity index (χ3n) is 3.16. The minimum atomic E-state index is -1.05. The van der Waals surface area contributed by atoms with Gasteiger partial charge in [-0.05, 0) is 48.4 Å². The van der Waals surface area contributed by atoms with Gasteiger partial charge in [0.2, 0.25) is 0 Å². The first-order chi connectivity index (χ1) is 7.95. The third kappa shape index (κ3) is 2.20. The Morgan fingerprint density at radius 3 is 2.82 bits per heavy atom. The maximum atomic E-state index is 12.2. The minimum Gasteiger partial charge on any atom is -0.480 e. The van der Waals surface area contributed by atoms with Crippen LogP contribution in [0.3, 0.4) is 0 Å². The van der Waals surface area contributed by atoms with Crippen molar-refractivity contribution in [2.24, 2.45) is 0 Å². The Kier molecular flexibility index (Phi) is 3.44. The second-order valence-electron chi connectivity index (χ2n) is 4.28. The number of amides is 1. The van der Waals surface area contributed by atoms with Crippen molar-refractivity contribution in [2.75, 3.05) is 6.54 Å². The fraction of sp³-hybridized carbons (Fsp3) is 0.455. The lowest BCUT2D eigenvalue weighted by atomic mass is 9.99. The quantitative estimate of drug-likeness (QED) is 0.820. The molecule has 1 saturated heterocycles. The first kappa shape index (κ1) is 12.8. The van der Waals surface area contributed by atoms with Crippen molar-refractivity contribution < 1.29 is 14.7 Å². The maximum absolute atomic E-state index is 12.2. The molecule has 1 aromatic rings. The summed E-state index contributed by atoms with van der Waals surface area (Å²) in [5.74, 6) is -1.10. The normalized spacial score (nSPS) is 24.0. The number of aliphatic carboxylic acids is 1. The van der Waals surface area contributed by atoms with E-state index in [4.69, 9.17) is 0 Å². The van der Waals surface area contributed by atoms with Crippen molar-refractivity contribution in [3.8, 4) is 0 Å². The number of hydrogen-bond acceptors (Lipinski definition) is 3. The monoisotopic (exact) mass is 365 g/mol. The molecule has 0 radical (unpaired) electrons. The molecule has 92 valence electrons. The lowest BCUT2D eigenvalue weighted by Crippen LogP contribution is -2.50. The zero-order valence-corrected chi connectivity index (χ0v) is 12.2. The Labute approximate surface area is 117 Å². The molecule has 17 heavy (non-hydrogen) atoms. The van der Waals surface area contributed by atoms with Crippen LogP contribution in [0.5, 0.6) is 0 Å². The molecule has 1 fully saturated rings. The Balaban J connectivity index is 2.28. The van der Waals surface area contributed by atoms with Gasteiger partial charge in [-0.25, -0.2) is 4.79 Å². The summed E-state index contributed by atoms with van der Waals surface area (Å²) in [5.41, 5.74) is -0.460. The Bertz CT molecular complexity index is 473. The lowest BCUT2D eigenvalue weighted by Gasteiger charge is -2.30. The number of carboxylic acid groups (broad SMARTS) is 1. The topological polar surface area (TPSA) is 57.6 Å². The van der Waals surface area contributed by atoms with E-state index in [1.165, 1.54) is 16.2 Å². The summed E-state index contributed by atoms with van der Waals surface area (Å²) in [6, 6.07) is 1.80. The molecule has 0 aromatic carbocycles. The van der Waals surface area contributed by atoms with Gasteiger partial charge < -0.3 is 10.0 Å². The summed E-state index contributed by atoms with van der Waals surface area (Å²) < 4.78 is 1.03. The third-order valence-corrected chi connectivity index (χ3v) is 4.95. The van der Waals surface area contributed by atoms with Gasteiger partial charge in [0.15, 0.2) is 0 Å². The number of hydrogen-bond donors (Lipinski definition) is 1. The molecule has 2 rings (SSSR count). The van der Waals surface area contributed by atoms with Crippen LogP contribution in [-0.4, -0.2) is 34.0 Å². The van der Waals surface area contributed by atoms with E-state index < -0.39 is 11.5 Å². The van der Waals surface area contributed by atoms with Gasteiger partial charge in [0.1, 0.15) is 5.54 Å². The molecule has 0 spiro atoms. The number of thiophene rings is 1. The van der Waals surface area contributed by atoms with Crippen LogP contribution in [-0.2, 0) is 4.79 Å². The van der Waals surface area contributed by atoms with Crippen LogP contribution in [0, 0.1) is 2.88 Å². The summed E-state index contributed by atoms with van der Waals surface area (Å²) in [5, 5.41) is 11.0. The van der Waals surface area contributed by atoms with Gasteiger partial charge in [-0.1, -0.05) is 0 Å². The molecule has 1 aliphatic heterocycles. The number of likely N-dealkylation sites (tertiary alicyclic amines) is 1. The van der Waals surface area contributed by atoms with Gasteiger partial charge in [0.25, 0.3) is 5.91 Å². The number of carboxylic acids is 1. The first-order valence-corrected chi connectivity index (χ1v) is 7.20. The van der Waals surface area contributed by atoms with Crippen molar-refractivity contribution in [1.29, 1.82) is 0 Å². The molecule has 4 nitrogen and oxygen atoms in total. The molecule has 0 bridgehead atoms. The average Bonchev–Trinajstić information content (AvgIpc) is 2.85. The van der Waals surface area contributed by atoms with E-state index in [0.717, 1.165) is 9.30 Å². The highest BCUT2D eigenvalue weighted by atomic mass is 127. The Morgan fingerprint density at radius 2 is 2.29 bits per heavy atom. The van der Waals surface area contributed by atoms with Crippen LogP contribution >= 0.6 is 33.9 Å². The number of carbonyl (C=O) groups is 2. The Hall–Kier alpha value is -0.630. The fourth-order valence-corrected chi connectivity index (χ4v) is 3.41. The van der Waals surface area contributed by atoms with Crippen LogP contribution in [0.1, 0.15) is 30.1 Å². The number of nitrogens with zero attached hydrogens (tertiary/aromatic N) is 1. The number of carbonyl (C=O) groups excluding carboxylic acids is 1. The fourth-order valence-electron chi connectivity index (χ4n) is 2.09. The summed E-state index contributed by atoms with van der Waals surface area (Å²) in [7, 11) is 0. The highest BCUT2D eigenvalue weighted by Gasteiger charge is 2.46. The molecule has 0 saturated carbocycles. The summed E-state index contributed by atoms with van der Waals surface area (Å²) in [6.07, 6.45) is 1.27. The molecular formula is C11H12INO3S. The molecule has 0 aliphatic carbocycles. The molecule has 6 heteroatoms. The minimum absolute atomic E-state index is 0.174. The summed E-state index contributed by atoms with van der Waals surface area (Å²) in [6.45, 7) is 2.14. The van der Waals surface area contributed by atoms with Crippen molar-refractivity contribution in [1.82, 2.24) is 4.90 Å². The summed E-state index contributed by atoms with van der Waals surface area (Å²) >= 11 is 3.64. The van der Waals surface area contributed by atoms with Crippen LogP contribution in [0.2, 0.25) is 0 Å². The zero-order valence-electron chi connectivity index (χ0n) is 9.27. The maximum Gasteiger partial charge on any atom is 0.329 e. The molecule has 1 N–H and O–H groups in total. The first-order valence-electron chi connectivity index (χ1n) is 5.24. The van der Waals surface area contributed by atoms with Crippen LogP contribution in [0.15, 0.2) is 11.4 Å². The molecule has 1 amide bonds. The van der Waals surface area contributed by atoms with Gasteiger partial charge in [-0.15, -0.1) is 11.3 Å². The van der Waals surface area contributed by atoms with Crippen LogP contribution < -0.4 is 0 Å². The van der Waals surface area contributed by atoms with Crippen LogP contribution in [0.25, 0.3) is 0 Å². The second kappa shape index (κ2) is 4.56. The van der Waals surface area contributed by atoms with Gasteiger partial charge in [-0.3, -0.25) is 4.79 Å². The molecule has 1 unspecified atom stereocenters. The standard InChI is InChI=1S/C11H12INO3S/c1-11(10(15)16)3-2-4-13(11)9(14)7-5-8(12)17-6-7/h5-6H,2-4H2,1H3,(H,15,16). The van der Waals surface area contributed by atoms with Crippen LogP contribution in [0.4, 0.5) is 0 Å². The smallest absolute Gasteiger partial charge is 0.329 e. The van der Waals surface area contributed by atoms with E-state index in [2.05, 4.69) is 22.6 Å². The van der Waals surface area contributed by atoms with Gasteiger partial charge in [0.05, 0.1) is 8.45 Å². The SMILES string of the molecule is CC1(C(=O)O)CCCN1C(=O)c1csc(I)c1. The second-order valence-corrected chi connectivity index (χ2v) is 7.08. The van der Waals surface area contributed by atoms with Crippen molar-refractivity contribution in [3.63, 3.8) is 0 Å². The van der Waals surface area contributed by atoms with E-state index >= 15 is 0 Å². The lowest BCUT2D eigenvalue weighted by molar-refractivity contribution is -0.147. The van der Waals surface area contributed by atoms with E-state index in [9.17, 15) is 14.7 Å². The summed E-state index contributed by atoms with van der Waals surface area (Å²) in [4.78, 5) is 25.0. The number of halogens is 1. The zero-order chi connectivity index (χ0) is 12.6. The van der Waals surface area contributed by atoms with Crippen molar-refractivity contribution in [2.45, 2.75) is 25.3 Å². The average molecular weight is 365 g/mol. The van der Waals surface area contributed by atoms with Crippen molar-refractivity contribution >= 4 is 45.8 Å². The van der Waals surface area contributed by atoms with Crippen molar-refractivity contribution in [3.05, 3.63) is 19.9 Å². The van der Waals surface area contributed by atoms with E-state index in [1.54, 1.807) is 18.4 Å².